The summed E-state index contributed by atoms with van der Waals surface area (Å²) in [7, 11) is 0. The summed E-state index contributed by atoms with van der Waals surface area (Å²) < 4.78 is 12.4. The van der Waals surface area contributed by atoms with E-state index in [-0.39, 0.29) is 11.7 Å². The number of nitrogens with one attached hydrogen (secondary N) is 1. The molecule has 1 aliphatic heterocycles. The van der Waals surface area contributed by atoms with Crippen molar-refractivity contribution >= 4 is 23.4 Å². The van der Waals surface area contributed by atoms with Crippen LogP contribution < -0.4 is 5.32 Å². The first-order chi connectivity index (χ1) is 6.49. The van der Waals surface area contributed by atoms with Crippen LogP contribution in [0.2, 0.25) is 0 Å². The van der Waals surface area contributed by atoms with Crippen molar-refractivity contribution < 1.29 is 9.18 Å². The van der Waals surface area contributed by atoms with Crippen LogP contribution in [0.1, 0.15) is 13.8 Å². The highest BCUT2D eigenvalue weighted by atomic mass is 32.2. The fourth-order valence-electron chi connectivity index (χ4n) is 1.28. The molecule has 4 heteroatoms. The minimum atomic E-state index is -0.527. The van der Waals surface area contributed by atoms with Gasteiger partial charge in [-0.3, -0.25) is 4.79 Å². The highest BCUT2D eigenvalue weighted by molar-refractivity contribution is 8.01. The van der Waals surface area contributed by atoms with Crippen molar-refractivity contribution in [1.82, 2.24) is 0 Å². The van der Waals surface area contributed by atoms with E-state index in [1.54, 1.807) is 6.07 Å². The van der Waals surface area contributed by atoms with E-state index in [4.69, 9.17) is 0 Å². The monoisotopic (exact) mass is 211 g/mol. The van der Waals surface area contributed by atoms with E-state index in [9.17, 15) is 9.18 Å². The summed E-state index contributed by atoms with van der Waals surface area (Å²) in [6, 6.07) is 4.38. The minimum Gasteiger partial charge on any atom is -0.324 e. The molecule has 1 N–H and O–H groups in total. The van der Waals surface area contributed by atoms with E-state index < -0.39 is 4.75 Å². The quantitative estimate of drug-likeness (QED) is 0.714. The van der Waals surface area contributed by atoms with E-state index in [0.29, 0.717) is 5.69 Å². The molecule has 0 aliphatic carbocycles. The van der Waals surface area contributed by atoms with Gasteiger partial charge in [0.2, 0.25) is 5.91 Å². The number of rotatable bonds is 0. The Morgan fingerprint density at radius 1 is 1.43 bits per heavy atom. The van der Waals surface area contributed by atoms with Crippen LogP contribution in [-0.4, -0.2) is 10.7 Å². The predicted octanol–water partition coefficient (Wildman–Crippen LogP) is 2.65. The molecular weight excluding hydrogens is 201 g/mol. The molecule has 0 aromatic heterocycles. The normalized spacial score (nSPS) is 18.6. The van der Waals surface area contributed by atoms with Gasteiger partial charge in [0.15, 0.2) is 0 Å². The maximum Gasteiger partial charge on any atom is 0.240 e. The number of halogens is 1. The number of anilines is 1. The number of benzene rings is 1. The third kappa shape index (κ3) is 1.50. The summed E-state index contributed by atoms with van der Waals surface area (Å²) in [6.07, 6.45) is 0. The van der Waals surface area contributed by atoms with E-state index >= 15 is 0 Å². The predicted molar refractivity (Wildman–Crippen MR) is 55.0 cm³/mol. The van der Waals surface area contributed by atoms with Gasteiger partial charge in [0.05, 0.1) is 10.4 Å². The Balaban J connectivity index is 2.46. The second-order valence-corrected chi connectivity index (χ2v) is 5.37. The second-order valence-electron chi connectivity index (χ2n) is 3.71. The maximum absolute atomic E-state index is 12.9. The number of carbonyl (C=O) groups excluding carboxylic acids is 1. The van der Waals surface area contributed by atoms with Crippen LogP contribution in [0, 0.1) is 5.82 Å². The molecule has 1 amide bonds. The summed E-state index contributed by atoms with van der Waals surface area (Å²) in [5, 5.41) is 2.75. The Kier molecular flexibility index (Phi) is 2.03. The molecule has 1 heterocycles. The Hall–Kier alpha value is -1.03. The van der Waals surface area contributed by atoms with Crippen molar-refractivity contribution in [3.8, 4) is 0 Å². The van der Waals surface area contributed by atoms with Gasteiger partial charge in [-0.15, -0.1) is 11.8 Å². The van der Waals surface area contributed by atoms with Crippen molar-refractivity contribution in [2.24, 2.45) is 0 Å². The van der Waals surface area contributed by atoms with Crippen LogP contribution in [0.4, 0.5) is 10.1 Å². The fourth-order valence-corrected chi connectivity index (χ4v) is 2.37. The van der Waals surface area contributed by atoms with Gasteiger partial charge >= 0.3 is 0 Å². The number of carbonyl (C=O) groups is 1. The summed E-state index contributed by atoms with van der Waals surface area (Å²) >= 11 is 1.38. The molecule has 0 saturated carbocycles. The zero-order valence-electron chi connectivity index (χ0n) is 7.93. The van der Waals surface area contributed by atoms with Gasteiger partial charge in [-0.1, -0.05) is 0 Å². The van der Waals surface area contributed by atoms with Crippen molar-refractivity contribution in [2.45, 2.75) is 23.5 Å². The lowest BCUT2D eigenvalue weighted by Gasteiger charge is -2.29. The summed E-state index contributed by atoms with van der Waals surface area (Å²) in [6.45, 7) is 3.64. The molecule has 1 aliphatic rings. The zero-order valence-corrected chi connectivity index (χ0v) is 8.74. The molecule has 0 unspecified atom stereocenters. The first-order valence-corrected chi connectivity index (χ1v) is 5.11. The third-order valence-corrected chi connectivity index (χ3v) is 3.36. The average molecular weight is 211 g/mol. The summed E-state index contributed by atoms with van der Waals surface area (Å²) in [4.78, 5) is 12.3. The largest absolute Gasteiger partial charge is 0.324 e. The Morgan fingerprint density at radius 3 is 2.86 bits per heavy atom. The lowest BCUT2D eigenvalue weighted by molar-refractivity contribution is -0.117. The standard InChI is InChI=1S/C10H10FNOS/c1-10(2)9(13)12-7-4-3-6(11)5-8(7)14-10/h3-5H,1-2H3,(H,12,13). The average Bonchev–Trinajstić information content (AvgIpc) is 2.07. The summed E-state index contributed by atoms with van der Waals surface area (Å²) in [5.74, 6) is -0.315. The molecule has 0 saturated heterocycles. The molecule has 2 rings (SSSR count). The molecule has 74 valence electrons. The second kappa shape index (κ2) is 2.98. The van der Waals surface area contributed by atoms with Crippen LogP contribution >= 0.6 is 11.8 Å². The molecule has 0 fully saturated rings. The molecule has 0 bridgehead atoms. The van der Waals surface area contributed by atoms with E-state index in [0.717, 1.165) is 4.90 Å². The van der Waals surface area contributed by atoms with E-state index in [2.05, 4.69) is 5.32 Å². The fraction of sp³-hybridized carbons (Fsp3) is 0.300. The van der Waals surface area contributed by atoms with Crippen LogP contribution in [0.15, 0.2) is 23.1 Å². The van der Waals surface area contributed by atoms with E-state index in [1.165, 1.54) is 23.9 Å². The topological polar surface area (TPSA) is 29.1 Å². The van der Waals surface area contributed by atoms with Gasteiger partial charge in [0.25, 0.3) is 0 Å². The lowest BCUT2D eigenvalue weighted by Crippen LogP contribution is -2.37. The highest BCUT2D eigenvalue weighted by Gasteiger charge is 2.34. The van der Waals surface area contributed by atoms with Crippen LogP contribution in [-0.2, 0) is 4.79 Å². The number of thioether (sulfide) groups is 1. The SMILES string of the molecule is CC1(C)Sc2cc(F)ccc2NC1=O. The molecule has 1 aromatic rings. The van der Waals surface area contributed by atoms with Gasteiger partial charge in [0, 0.05) is 4.90 Å². The Morgan fingerprint density at radius 2 is 2.14 bits per heavy atom. The van der Waals surface area contributed by atoms with Gasteiger partial charge in [-0.25, -0.2) is 4.39 Å². The number of amides is 1. The van der Waals surface area contributed by atoms with Crippen molar-refractivity contribution in [3.63, 3.8) is 0 Å². The highest BCUT2D eigenvalue weighted by Crippen LogP contribution is 2.42. The first-order valence-electron chi connectivity index (χ1n) is 4.29. The Labute approximate surface area is 85.9 Å². The Bertz CT molecular complexity index is 403. The molecular formula is C10H10FNOS. The number of fused-ring (bicyclic) bond motifs is 1. The number of hydrogen-bond donors (Lipinski definition) is 1. The first kappa shape index (κ1) is 9.52. The van der Waals surface area contributed by atoms with Crippen LogP contribution in [0.3, 0.4) is 0 Å². The van der Waals surface area contributed by atoms with Gasteiger partial charge in [0.1, 0.15) is 5.82 Å². The van der Waals surface area contributed by atoms with Gasteiger partial charge < -0.3 is 5.32 Å². The molecule has 0 spiro atoms. The van der Waals surface area contributed by atoms with Crippen molar-refractivity contribution in [2.75, 3.05) is 5.32 Å². The molecule has 0 radical (unpaired) electrons. The zero-order chi connectivity index (χ0) is 10.3. The van der Waals surface area contributed by atoms with Gasteiger partial charge in [-0.2, -0.15) is 0 Å². The number of hydrogen-bond acceptors (Lipinski definition) is 2. The lowest BCUT2D eigenvalue weighted by atomic mass is 10.1. The van der Waals surface area contributed by atoms with Crippen LogP contribution in [0.5, 0.6) is 0 Å². The molecule has 0 atom stereocenters. The smallest absolute Gasteiger partial charge is 0.240 e. The molecule has 1 aromatic carbocycles. The molecule has 2 nitrogen and oxygen atoms in total. The van der Waals surface area contributed by atoms with Gasteiger partial charge in [-0.05, 0) is 32.0 Å². The molecule has 14 heavy (non-hydrogen) atoms. The van der Waals surface area contributed by atoms with Crippen molar-refractivity contribution in [3.05, 3.63) is 24.0 Å². The van der Waals surface area contributed by atoms with Crippen molar-refractivity contribution in [1.29, 1.82) is 0 Å². The minimum absolute atomic E-state index is 0.0402. The maximum atomic E-state index is 12.9. The van der Waals surface area contributed by atoms with E-state index in [1.807, 2.05) is 13.8 Å². The van der Waals surface area contributed by atoms with Crippen LogP contribution in [0.25, 0.3) is 0 Å². The third-order valence-electron chi connectivity index (χ3n) is 2.10. The summed E-state index contributed by atoms with van der Waals surface area (Å²) in [5.41, 5.74) is 0.695.